The van der Waals surface area contributed by atoms with E-state index in [1.54, 1.807) is 25.4 Å². The molecular formula is C14H11FN2O. The maximum absolute atomic E-state index is 12.9. The van der Waals surface area contributed by atoms with Gasteiger partial charge in [0.05, 0.1) is 13.3 Å². The van der Waals surface area contributed by atoms with E-state index in [0.29, 0.717) is 0 Å². The van der Waals surface area contributed by atoms with Crippen LogP contribution in [0.15, 0.2) is 48.8 Å². The maximum atomic E-state index is 12.9. The molecule has 0 saturated carbocycles. The number of pyridine rings is 1. The van der Waals surface area contributed by atoms with Crippen LogP contribution in [0.2, 0.25) is 0 Å². The number of hydrogen-bond acceptors (Lipinski definition) is 2. The Morgan fingerprint density at radius 1 is 1.17 bits per heavy atom. The van der Waals surface area contributed by atoms with E-state index >= 15 is 0 Å². The van der Waals surface area contributed by atoms with Crippen molar-refractivity contribution in [1.82, 2.24) is 9.38 Å². The number of methoxy groups -OCH3 is 1. The van der Waals surface area contributed by atoms with Crippen molar-refractivity contribution in [2.24, 2.45) is 0 Å². The largest absolute Gasteiger partial charge is 0.494 e. The van der Waals surface area contributed by atoms with Crippen LogP contribution in [0, 0.1) is 5.82 Å². The molecule has 0 spiro atoms. The van der Waals surface area contributed by atoms with Crippen LogP contribution in [0.25, 0.3) is 16.9 Å². The number of hydrogen-bond donors (Lipinski definition) is 0. The summed E-state index contributed by atoms with van der Waals surface area (Å²) in [6.45, 7) is 0. The molecule has 0 aliphatic rings. The molecule has 0 aliphatic carbocycles. The lowest BCUT2D eigenvalue weighted by Crippen LogP contribution is -1.91. The molecule has 0 fully saturated rings. The van der Waals surface area contributed by atoms with Gasteiger partial charge in [-0.1, -0.05) is 0 Å². The van der Waals surface area contributed by atoms with Crippen LogP contribution >= 0.6 is 0 Å². The summed E-state index contributed by atoms with van der Waals surface area (Å²) in [5.41, 5.74) is 1.75. The molecule has 4 heteroatoms. The van der Waals surface area contributed by atoms with Gasteiger partial charge < -0.3 is 4.74 Å². The quantitative estimate of drug-likeness (QED) is 0.690. The second-order valence-corrected chi connectivity index (χ2v) is 3.92. The highest BCUT2D eigenvalue weighted by molar-refractivity contribution is 5.67. The molecule has 1 aromatic carbocycles. The van der Waals surface area contributed by atoms with Crippen molar-refractivity contribution in [1.29, 1.82) is 0 Å². The van der Waals surface area contributed by atoms with E-state index in [-0.39, 0.29) is 5.82 Å². The molecule has 0 aliphatic heterocycles. The maximum Gasteiger partial charge on any atom is 0.144 e. The van der Waals surface area contributed by atoms with Crippen molar-refractivity contribution in [3.05, 3.63) is 54.6 Å². The van der Waals surface area contributed by atoms with E-state index < -0.39 is 0 Å². The summed E-state index contributed by atoms with van der Waals surface area (Å²) in [5, 5.41) is 0. The van der Waals surface area contributed by atoms with Gasteiger partial charge in [-0.25, -0.2) is 9.37 Å². The molecule has 0 N–H and O–H groups in total. The van der Waals surface area contributed by atoms with Gasteiger partial charge in [-0.05, 0) is 36.4 Å². The summed E-state index contributed by atoms with van der Waals surface area (Å²) >= 11 is 0. The number of rotatable bonds is 2. The van der Waals surface area contributed by atoms with Gasteiger partial charge in [0.1, 0.15) is 22.9 Å². The van der Waals surface area contributed by atoms with Gasteiger partial charge in [0, 0.05) is 11.8 Å². The second kappa shape index (κ2) is 4.14. The molecular weight excluding hydrogens is 231 g/mol. The molecule has 90 valence electrons. The molecule has 0 unspecified atom stereocenters. The van der Waals surface area contributed by atoms with Crippen LogP contribution in [0.5, 0.6) is 5.75 Å². The molecule has 0 radical (unpaired) electrons. The lowest BCUT2D eigenvalue weighted by Gasteiger charge is -2.04. The Morgan fingerprint density at radius 2 is 1.94 bits per heavy atom. The highest BCUT2D eigenvalue weighted by Crippen LogP contribution is 2.25. The van der Waals surface area contributed by atoms with Crippen LogP contribution in [0.4, 0.5) is 4.39 Å². The van der Waals surface area contributed by atoms with Crippen LogP contribution in [-0.2, 0) is 0 Å². The highest BCUT2D eigenvalue weighted by Gasteiger charge is 2.09. The fraction of sp³-hybridized carbons (Fsp3) is 0.0714. The Kier molecular flexibility index (Phi) is 2.48. The van der Waals surface area contributed by atoms with Crippen LogP contribution in [-0.4, -0.2) is 16.5 Å². The first kappa shape index (κ1) is 10.8. The summed E-state index contributed by atoms with van der Waals surface area (Å²) in [6, 6.07) is 10.0. The van der Waals surface area contributed by atoms with Crippen LogP contribution < -0.4 is 4.74 Å². The number of ether oxygens (including phenoxy) is 1. The summed E-state index contributed by atoms with van der Waals surface area (Å²) in [7, 11) is 1.62. The minimum atomic E-state index is -0.253. The summed E-state index contributed by atoms with van der Waals surface area (Å²) < 4.78 is 20.1. The molecule has 2 heterocycles. The SMILES string of the molecule is COc1cccn2c(-c3ccc(F)cc3)ncc12. The third-order valence-corrected chi connectivity index (χ3v) is 2.85. The molecule has 0 bridgehead atoms. The van der Waals surface area contributed by atoms with E-state index in [4.69, 9.17) is 4.74 Å². The first-order valence-electron chi connectivity index (χ1n) is 5.55. The van der Waals surface area contributed by atoms with Crippen LogP contribution in [0.3, 0.4) is 0 Å². The Balaban J connectivity index is 2.21. The zero-order valence-corrected chi connectivity index (χ0v) is 9.80. The minimum Gasteiger partial charge on any atom is -0.494 e. The Labute approximate surface area is 103 Å². The molecule has 18 heavy (non-hydrogen) atoms. The molecule has 0 atom stereocenters. The summed E-state index contributed by atoms with van der Waals surface area (Å²) in [6.07, 6.45) is 3.65. The van der Waals surface area contributed by atoms with Crippen molar-refractivity contribution in [2.45, 2.75) is 0 Å². The Hall–Kier alpha value is -2.36. The van der Waals surface area contributed by atoms with E-state index in [1.807, 2.05) is 22.7 Å². The van der Waals surface area contributed by atoms with Gasteiger partial charge in [0.2, 0.25) is 0 Å². The summed E-state index contributed by atoms with van der Waals surface area (Å²) in [5.74, 6) is 1.28. The van der Waals surface area contributed by atoms with E-state index in [0.717, 1.165) is 22.7 Å². The van der Waals surface area contributed by atoms with Gasteiger partial charge in [-0.2, -0.15) is 0 Å². The fourth-order valence-corrected chi connectivity index (χ4v) is 1.98. The average molecular weight is 242 g/mol. The smallest absolute Gasteiger partial charge is 0.144 e. The van der Waals surface area contributed by atoms with Crippen molar-refractivity contribution < 1.29 is 9.13 Å². The number of fused-ring (bicyclic) bond motifs is 1. The van der Waals surface area contributed by atoms with Gasteiger partial charge in [0.25, 0.3) is 0 Å². The van der Waals surface area contributed by atoms with Gasteiger partial charge in [0.15, 0.2) is 0 Å². The minimum absolute atomic E-state index is 0.253. The van der Waals surface area contributed by atoms with Crippen LogP contribution in [0.1, 0.15) is 0 Å². The molecule has 0 saturated heterocycles. The molecule has 3 nitrogen and oxygen atoms in total. The van der Waals surface area contributed by atoms with Gasteiger partial charge in [-0.15, -0.1) is 0 Å². The number of aromatic nitrogens is 2. The fourth-order valence-electron chi connectivity index (χ4n) is 1.98. The lowest BCUT2D eigenvalue weighted by molar-refractivity contribution is 0.418. The number of imidazole rings is 1. The first-order valence-corrected chi connectivity index (χ1v) is 5.55. The third kappa shape index (κ3) is 1.62. The number of nitrogens with zero attached hydrogens (tertiary/aromatic N) is 2. The lowest BCUT2D eigenvalue weighted by atomic mass is 10.2. The van der Waals surface area contributed by atoms with Gasteiger partial charge >= 0.3 is 0 Å². The molecule has 3 aromatic rings. The standard InChI is InChI=1S/C14H11FN2O/c1-18-13-3-2-8-17-12(13)9-16-14(17)10-4-6-11(15)7-5-10/h2-9H,1H3. The van der Waals surface area contributed by atoms with Crippen molar-refractivity contribution in [3.63, 3.8) is 0 Å². The van der Waals surface area contributed by atoms with E-state index in [9.17, 15) is 4.39 Å². The average Bonchev–Trinajstić information content (AvgIpc) is 2.83. The second-order valence-electron chi connectivity index (χ2n) is 3.92. The zero-order chi connectivity index (χ0) is 12.5. The third-order valence-electron chi connectivity index (χ3n) is 2.85. The normalized spacial score (nSPS) is 10.8. The van der Waals surface area contributed by atoms with Crippen molar-refractivity contribution >= 4 is 5.52 Å². The topological polar surface area (TPSA) is 26.5 Å². The van der Waals surface area contributed by atoms with Crippen molar-refractivity contribution in [3.8, 4) is 17.1 Å². The number of halogens is 1. The Morgan fingerprint density at radius 3 is 2.67 bits per heavy atom. The zero-order valence-electron chi connectivity index (χ0n) is 9.80. The highest BCUT2D eigenvalue weighted by atomic mass is 19.1. The van der Waals surface area contributed by atoms with Crippen molar-refractivity contribution in [2.75, 3.05) is 7.11 Å². The molecule has 2 aromatic heterocycles. The van der Waals surface area contributed by atoms with E-state index in [1.165, 1.54) is 12.1 Å². The number of benzene rings is 1. The molecule has 3 rings (SSSR count). The summed E-state index contributed by atoms with van der Waals surface area (Å²) in [4.78, 5) is 4.36. The predicted octanol–water partition coefficient (Wildman–Crippen LogP) is 3.15. The predicted molar refractivity (Wildman–Crippen MR) is 67.1 cm³/mol. The molecule has 0 amide bonds. The Bertz CT molecular complexity index is 689. The van der Waals surface area contributed by atoms with Gasteiger partial charge in [-0.3, -0.25) is 4.40 Å². The monoisotopic (exact) mass is 242 g/mol. The van der Waals surface area contributed by atoms with E-state index in [2.05, 4.69) is 4.98 Å². The first-order chi connectivity index (χ1) is 8.79.